The Morgan fingerprint density at radius 2 is 1.67 bits per heavy atom. The molecule has 1 aliphatic heterocycles. The Balaban J connectivity index is 2.28. The quantitative estimate of drug-likeness (QED) is 0.852. The van der Waals surface area contributed by atoms with E-state index < -0.39 is 0 Å². The molecule has 0 radical (unpaired) electrons. The third-order valence-corrected chi connectivity index (χ3v) is 3.97. The van der Waals surface area contributed by atoms with E-state index in [0.717, 1.165) is 26.2 Å². The number of nitrogens with one attached hydrogen (secondary N) is 2. The highest BCUT2D eigenvalue weighted by atomic mass is 15.3. The largest absolute Gasteiger partial charge is 0.314 e. The van der Waals surface area contributed by atoms with E-state index >= 15 is 0 Å². The molecule has 3 nitrogen and oxygen atoms in total. The average Bonchev–Trinajstić information content (AvgIpc) is 2.38. The van der Waals surface area contributed by atoms with Crippen molar-refractivity contribution in [3.8, 4) is 0 Å². The number of hydrogen-bond acceptors (Lipinski definition) is 3. The molecule has 0 aliphatic carbocycles. The molecule has 1 saturated heterocycles. The maximum atomic E-state index is 3.47. The van der Waals surface area contributed by atoms with Gasteiger partial charge in [0.15, 0.2) is 0 Å². The highest BCUT2D eigenvalue weighted by Crippen LogP contribution is 2.24. The van der Waals surface area contributed by atoms with Crippen LogP contribution in [0.15, 0.2) is 12.1 Å². The number of aryl methyl sites for hydroxylation is 3. The van der Waals surface area contributed by atoms with Gasteiger partial charge in [-0.15, -0.1) is 0 Å². The Morgan fingerprint density at radius 1 is 1.06 bits per heavy atom. The van der Waals surface area contributed by atoms with Crippen molar-refractivity contribution in [2.75, 3.05) is 33.2 Å². The summed E-state index contributed by atoms with van der Waals surface area (Å²) >= 11 is 0. The van der Waals surface area contributed by atoms with Gasteiger partial charge in [-0.25, -0.2) is 0 Å². The number of piperazine rings is 1. The van der Waals surface area contributed by atoms with Gasteiger partial charge in [0.05, 0.1) is 6.17 Å². The first-order valence-corrected chi connectivity index (χ1v) is 6.83. The zero-order valence-corrected chi connectivity index (χ0v) is 12.0. The normalized spacial score (nSPS) is 18.9. The van der Waals surface area contributed by atoms with Crippen molar-refractivity contribution >= 4 is 0 Å². The molecule has 1 fully saturated rings. The Bertz CT molecular complexity index is 408. The van der Waals surface area contributed by atoms with Crippen molar-refractivity contribution in [3.05, 3.63) is 34.4 Å². The van der Waals surface area contributed by atoms with Crippen LogP contribution in [0.4, 0.5) is 0 Å². The second kappa shape index (κ2) is 5.83. The van der Waals surface area contributed by atoms with Crippen LogP contribution in [-0.2, 0) is 0 Å². The molecule has 2 rings (SSSR count). The highest BCUT2D eigenvalue weighted by Gasteiger charge is 2.22. The van der Waals surface area contributed by atoms with Crippen molar-refractivity contribution in [1.29, 1.82) is 0 Å². The van der Waals surface area contributed by atoms with Gasteiger partial charge in [0.2, 0.25) is 0 Å². The van der Waals surface area contributed by atoms with Gasteiger partial charge in [-0.2, -0.15) is 0 Å². The molecule has 1 aromatic carbocycles. The first kappa shape index (κ1) is 13.5. The van der Waals surface area contributed by atoms with Crippen LogP contribution in [0.5, 0.6) is 0 Å². The fourth-order valence-corrected chi connectivity index (χ4v) is 2.75. The molecule has 2 N–H and O–H groups in total. The molecule has 0 spiro atoms. The second-order valence-corrected chi connectivity index (χ2v) is 5.27. The second-order valence-electron chi connectivity index (χ2n) is 5.27. The van der Waals surface area contributed by atoms with Crippen LogP contribution in [0.3, 0.4) is 0 Å². The van der Waals surface area contributed by atoms with E-state index in [-0.39, 0.29) is 0 Å². The summed E-state index contributed by atoms with van der Waals surface area (Å²) in [5.74, 6) is 0. The summed E-state index contributed by atoms with van der Waals surface area (Å²) in [6, 6.07) is 4.64. The molecule has 18 heavy (non-hydrogen) atoms. The summed E-state index contributed by atoms with van der Waals surface area (Å²) in [6.07, 6.45) is 0.339. The SMILES string of the molecule is CNC(c1cc(C)c(C)cc1C)N1CCNCC1. The van der Waals surface area contributed by atoms with Crippen LogP contribution < -0.4 is 10.6 Å². The van der Waals surface area contributed by atoms with Crippen molar-refractivity contribution in [1.82, 2.24) is 15.5 Å². The lowest BCUT2D eigenvalue weighted by atomic mass is 9.98. The van der Waals surface area contributed by atoms with E-state index in [2.05, 4.69) is 55.5 Å². The third kappa shape index (κ3) is 2.74. The molecule has 1 aliphatic rings. The summed E-state index contributed by atoms with van der Waals surface area (Å²) in [7, 11) is 2.06. The molecule has 1 aromatic rings. The van der Waals surface area contributed by atoms with Crippen molar-refractivity contribution in [2.24, 2.45) is 0 Å². The minimum absolute atomic E-state index is 0.339. The lowest BCUT2D eigenvalue weighted by Gasteiger charge is -2.36. The van der Waals surface area contributed by atoms with Crippen LogP contribution >= 0.6 is 0 Å². The first-order valence-electron chi connectivity index (χ1n) is 6.83. The maximum absolute atomic E-state index is 3.47. The number of benzene rings is 1. The standard InChI is InChI=1S/C15H25N3/c1-11-9-13(3)14(10-12(11)2)15(16-4)18-7-5-17-6-8-18/h9-10,15-17H,5-8H2,1-4H3. The molecule has 0 saturated carbocycles. The molecular formula is C15H25N3. The Hall–Kier alpha value is -0.900. The average molecular weight is 247 g/mol. The number of hydrogen-bond donors (Lipinski definition) is 2. The van der Waals surface area contributed by atoms with E-state index in [4.69, 9.17) is 0 Å². The van der Waals surface area contributed by atoms with Crippen molar-refractivity contribution < 1.29 is 0 Å². The fourth-order valence-electron chi connectivity index (χ4n) is 2.75. The molecule has 0 aromatic heterocycles. The molecule has 1 heterocycles. The van der Waals surface area contributed by atoms with Crippen LogP contribution in [0.25, 0.3) is 0 Å². The Kier molecular flexibility index (Phi) is 4.38. The van der Waals surface area contributed by atoms with Crippen LogP contribution in [0.1, 0.15) is 28.4 Å². The Morgan fingerprint density at radius 3 is 2.28 bits per heavy atom. The van der Waals surface area contributed by atoms with Gasteiger partial charge in [-0.3, -0.25) is 4.90 Å². The van der Waals surface area contributed by atoms with Crippen molar-refractivity contribution in [2.45, 2.75) is 26.9 Å². The lowest BCUT2D eigenvalue weighted by Crippen LogP contribution is -2.48. The predicted octanol–water partition coefficient (Wildman–Crippen LogP) is 1.74. The third-order valence-electron chi connectivity index (χ3n) is 3.97. The highest BCUT2D eigenvalue weighted by molar-refractivity contribution is 5.38. The van der Waals surface area contributed by atoms with Gasteiger partial charge in [-0.05, 0) is 50.1 Å². The topological polar surface area (TPSA) is 27.3 Å². The van der Waals surface area contributed by atoms with Gasteiger partial charge >= 0.3 is 0 Å². The maximum Gasteiger partial charge on any atom is 0.0861 e. The monoisotopic (exact) mass is 247 g/mol. The predicted molar refractivity (Wildman–Crippen MR) is 76.9 cm³/mol. The molecule has 1 unspecified atom stereocenters. The lowest BCUT2D eigenvalue weighted by molar-refractivity contribution is 0.152. The first-order chi connectivity index (χ1) is 8.63. The minimum atomic E-state index is 0.339. The summed E-state index contributed by atoms with van der Waals surface area (Å²) in [6.45, 7) is 11.0. The van der Waals surface area contributed by atoms with E-state index in [0.29, 0.717) is 6.17 Å². The molecule has 100 valence electrons. The van der Waals surface area contributed by atoms with Crippen LogP contribution in [0, 0.1) is 20.8 Å². The minimum Gasteiger partial charge on any atom is -0.314 e. The molecular weight excluding hydrogens is 222 g/mol. The smallest absolute Gasteiger partial charge is 0.0861 e. The van der Waals surface area contributed by atoms with Gasteiger partial charge in [0.25, 0.3) is 0 Å². The van der Waals surface area contributed by atoms with Crippen molar-refractivity contribution in [3.63, 3.8) is 0 Å². The summed E-state index contributed by atoms with van der Waals surface area (Å²) in [5, 5.41) is 6.88. The molecule has 1 atom stereocenters. The Labute approximate surface area is 111 Å². The number of rotatable bonds is 3. The van der Waals surface area contributed by atoms with E-state index in [1.807, 2.05) is 0 Å². The zero-order chi connectivity index (χ0) is 13.1. The molecule has 0 bridgehead atoms. The van der Waals surface area contributed by atoms with Gasteiger partial charge in [0, 0.05) is 26.2 Å². The van der Waals surface area contributed by atoms with Crippen LogP contribution in [0.2, 0.25) is 0 Å². The van der Waals surface area contributed by atoms with E-state index in [1.54, 1.807) is 0 Å². The van der Waals surface area contributed by atoms with Gasteiger partial charge in [-0.1, -0.05) is 12.1 Å². The molecule has 3 heteroatoms. The van der Waals surface area contributed by atoms with E-state index in [1.165, 1.54) is 22.3 Å². The number of nitrogens with zero attached hydrogens (tertiary/aromatic N) is 1. The summed E-state index contributed by atoms with van der Waals surface area (Å²) in [4.78, 5) is 2.52. The van der Waals surface area contributed by atoms with Gasteiger partial charge < -0.3 is 10.6 Å². The van der Waals surface area contributed by atoms with E-state index in [9.17, 15) is 0 Å². The summed E-state index contributed by atoms with van der Waals surface area (Å²) in [5.41, 5.74) is 5.57. The summed E-state index contributed by atoms with van der Waals surface area (Å²) < 4.78 is 0. The molecule has 0 amide bonds. The fraction of sp³-hybridized carbons (Fsp3) is 0.600. The zero-order valence-electron chi connectivity index (χ0n) is 12.0. The van der Waals surface area contributed by atoms with Gasteiger partial charge in [0.1, 0.15) is 0 Å². The van der Waals surface area contributed by atoms with Crippen LogP contribution in [-0.4, -0.2) is 38.1 Å².